The number of nitrogens with one attached hydrogen (secondary N) is 1. The molecular formula is C17H16BrNO4. The molecule has 5 nitrogen and oxygen atoms in total. The second-order valence-corrected chi connectivity index (χ2v) is 5.60. The quantitative estimate of drug-likeness (QED) is 0.807. The number of rotatable bonds is 5. The molecule has 0 saturated heterocycles. The molecule has 120 valence electrons. The maximum absolute atomic E-state index is 12.2. The monoisotopic (exact) mass is 377 g/mol. The van der Waals surface area contributed by atoms with Gasteiger partial charge >= 0.3 is 5.97 Å². The molecule has 0 bridgehead atoms. The number of amides is 1. The third kappa shape index (κ3) is 4.56. The van der Waals surface area contributed by atoms with Crippen molar-refractivity contribution in [1.29, 1.82) is 0 Å². The smallest absolute Gasteiger partial charge is 0.340 e. The molecule has 0 aliphatic carbocycles. The first kappa shape index (κ1) is 17.0. The van der Waals surface area contributed by atoms with Gasteiger partial charge < -0.3 is 14.8 Å². The molecule has 2 rings (SSSR count). The van der Waals surface area contributed by atoms with Gasteiger partial charge in [0.05, 0.1) is 12.7 Å². The van der Waals surface area contributed by atoms with E-state index in [1.165, 1.54) is 14.0 Å². The fraction of sp³-hybridized carbons (Fsp3) is 0.176. The van der Waals surface area contributed by atoms with Gasteiger partial charge in [0.1, 0.15) is 5.75 Å². The summed E-state index contributed by atoms with van der Waals surface area (Å²) in [6, 6.07) is 13.9. The van der Waals surface area contributed by atoms with Gasteiger partial charge in [0.15, 0.2) is 6.10 Å². The van der Waals surface area contributed by atoms with Crippen LogP contribution in [0.5, 0.6) is 5.75 Å². The van der Waals surface area contributed by atoms with Crippen molar-refractivity contribution in [3.63, 3.8) is 0 Å². The molecule has 0 radical (unpaired) electrons. The Morgan fingerprint density at radius 2 is 1.83 bits per heavy atom. The number of esters is 1. The molecule has 0 aliphatic heterocycles. The third-order valence-electron chi connectivity index (χ3n) is 3.09. The standard InChI is InChI=1S/C17H16BrNO4/c1-11(16(20)19-12-6-4-3-5-7-12)23-17(21)14-10-13(22-2)8-9-15(14)18/h3-11H,1-2H3,(H,19,20). The topological polar surface area (TPSA) is 64.6 Å². The molecule has 0 fully saturated rings. The van der Waals surface area contributed by atoms with Crippen molar-refractivity contribution in [2.45, 2.75) is 13.0 Å². The van der Waals surface area contributed by atoms with E-state index < -0.39 is 18.0 Å². The minimum absolute atomic E-state index is 0.295. The summed E-state index contributed by atoms with van der Waals surface area (Å²) >= 11 is 3.28. The zero-order valence-electron chi connectivity index (χ0n) is 12.7. The normalized spacial score (nSPS) is 11.4. The van der Waals surface area contributed by atoms with Crippen molar-refractivity contribution in [1.82, 2.24) is 0 Å². The number of ether oxygens (including phenoxy) is 2. The van der Waals surface area contributed by atoms with Crippen molar-refractivity contribution < 1.29 is 19.1 Å². The van der Waals surface area contributed by atoms with Crippen molar-refractivity contribution in [3.05, 3.63) is 58.6 Å². The van der Waals surface area contributed by atoms with E-state index in [2.05, 4.69) is 21.2 Å². The first-order valence-corrected chi connectivity index (χ1v) is 7.71. The van der Waals surface area contributed by atoms with Gasteiger partial charge in [-0.1, -0.05) is 18.2 Å². The second-order valence-electron chi connectivity index (χ2n) is 4.75. The number of hydrogen-bond donors (Lipinski definition) is 1. The summed E-state index contributed by atoms with van der Waals surface area (Å²) in [5, 5.41) is 2.68. The predicted molar refractivity (Wildman–Crippen MR) is 90.6 cm³/mol. The van der Waals surface area contributed by atoms with Crippen LogP contribution < -0.4 is 10.1 Å². The van der Waals surface area contributed by atoms with Crippen LogP contribution in [0.25, 0.3) is 0 Å². The molecule has 1 amide bonds. The fourth-order valence-electron chi connectivity index (χ4n) is 1.83. The predicted octanol–water partition coefficient (Wildman–Crippen LogP) is 3.64. The maximum Gasteiger partial charge on any atom is 0.340 e. The number of carbonyl (C=O) groups excluding carboxylic acids is 2. The van der Waals surface area contributed by atoms with E-state index in [1.807, 2.05) is 6.07 Å². The Hall–Kier alpha value is -2.34. The molecule has 2 aromatic carbocycles. The lowest BCUT2D eigenvalue weighted by Gasteiger charge is -2.14. The van der Waals surface area contributed by atoms with Gasteiger partial charge in [0, 0.05) is 10.2 Å². The van der Waals surface area contributed by atoms with Gasteiger partial charge in [-0.25, -0.2) is 4.79 Å². The van der Waals surface area contributed by atoms with Crippen LogP contribution in [-0.4, -0.2) is 25.1 Å². The van der Waals surface area contributed by atoms with Crippen LogP contribution in [0.4, 0.5) is 5.69 Å². The Morgan fingerprint density at radius 3 is 2.48 bits per heavy atom. The minimum atomic E-state index is -0.930. The number of carbonyl (C=O) groups is 2. The van der Waals surface area contributed by atoms with Crippen LogP contribution in [0.15, 0.2) is 53.0 Å². The van der Waals surface area contributed by atoms with Crippen molar-refractivity contribution in [2.75, 3.05) is 12.4 Å². The number of hydrogen-bond acceptors (Lipinski definition) is 4. The van der Waals surface area contributed by atoms with Crippen LogP contribution in [0, 0.1) is 0 Å². The highest BCUT2D eigenvalue weighted by Crippen LogP contribution is 2.23. The Balaban J connectivity index is 2.03. The summed E-state index contributed by atoms with van der Waals surface area (Å²) in [5.41, 5.74) is 0.937. The fourth-order valence-corrected chi connectivity index (χ4v) is 2.24. The molecule has 1 atom stereocenters. The summed E-state index contributed by atoms with van der Waals surface area (Å²) < 4.78 is 10.9. The van der Waals surface area contributed by atoms with Gasteiger partial charge in [0.2, 0.25) is 0 Å². The first-order chi connectivity index (χ1) is 11.0. The Labute approximate surface area is 142 Å². The molecule has 0 spiro atoms. The molecule has 1 N–H and O–H groups in total. The Bertz CT molecular complexity index is 703. The van der Waals surface area contributed by atoms with Crippen LogP contribution in [-0.2, 0) is 9.53 Å². The third-order valence-corrected chi connectivity index (χ3v) is 3.78. The van der Waals surface area contributed by atoms with E-state index in [0.29, 0.717) is 21.5 Å². The highest BCUT2D eigenvalue weighted by molar-refractivity contribution is 9.10. The summed E-state index contributed by atoms with van der Waals surface area (Å²) in [6.45, 7) is 1.52. The van der Waals surface area contributed by atoms with Crippen molar-refractivity contribution in [3.8, 4) is 5.75 Å². The first-order valence-electron chi connectivity index (χ1n) is 6.91. The lowest BCUT2D eigenvalue weighted by atomic mass is 10.2. The number of para-hydroxylation sites is 1. The largest absolute Gasteiger partial charge is 0.497 e. The lowest BCUT2D eigenvalue weighted by molar-refractivity contribution is -0.123. The molecule has 0 heterocycles. The van der Waals surface area contributed by atoms with Gasteiger partial charge in [-0.05, 0) is 53.2 Å². The van der Waals surface area contributed by atoms with E-state index in [4.69, 9.17) is 9.47 Å². The van der Waals surface area contributed by atoms with E-state index in [9.17, 15) is 9.59 Å². The SMILES string of the molecule is COc1ccc(Br)c(C(=O)OC(C)C(=O)Nc2ccccc2)c1. The van der Waals surface area contributed by atoms with Crippen LogP contribution in [0.2, 0.25) is 0 Å². The number of methoxy groups -OCH3 is 1. The summed E-state index contributed by atoms with van der Waals surface area (Å²) in [7, 11) is 1.51. The number of anilines is 1. The van der Waals surface area contributed by atoms with E-state index >= 15 is 0 Å². The Morgan fingerprint density at radius 1 is 1.13 bits per heavy atom. The average molecular weight is 378 g/mol. The molecule has 1 unspecified atom stereocenters. The minimum Gasteiger partial charge on any atom is -0.497 e. The Kier molecular flexibility index (Phi) is 5.76. The number of benzene rings is 2. The van der Waals surface area contributed by atoms with E-state index in [-0.39, 0.29) is 0 Å². The molecule has 2 aromatic rings. The summed E-state index contributed by atoms with van der Waals surface area (Å²) in [5.74, 6) is -0.475. The van der Waals surface area contributed by atoms with Crippen molar-refractivity contribution in [2.24, 2.45) is 0 Å². The van der Waals surface area contributed by atoms with E-state index in [1.54, 1.807) is 42.5 Å². The van der Waals surface area contributed by atoms with Crippen LogP contribution in [0.1, 0.15) is 17.3 Å². The highest BCUT2D eigenvalue weighted by Gasteiger charge is 2.21. The lowest BCUT2D eigenvalue weighted by Crippen LogP contribution is -2.30. The van der Waals surface area contributed by atoms with Gasteiger partial charge in [-0.2, -0.15) is 0 Å². The van der Waals surface area contributed by atoms with E-state index in [0.717, 1.165) is 0 Å². The highest BCUT2D eigenvalue weighted by atomic mass is 79.9. The summed E-state index contributed by atoms with van der Waals surface area (Å²) in [4.78, 5) is 24.3. The van der Waals surface area contributed by atoms with Gasteiger partial charge in [-0.15, -0.1) is 0 Å². The maximum atomic E-state index is 12.2. The molecule has 0 aliphatic rings. The van der Waals surface area contributed by atoms with Crippen molar-refractivity contribution >= 4 is 33.5 Å². The zero-order chi connectivity index (χ0) is 16.8. The number of halogens is 1. The molecule has 0 saturated carbocycles. The molecule has 23 heavy (non-hydrogen) atoms. The molecule has 0 aromatic heterocycles. The average Bonchev–Trinajstić information content (AvgIpc) is 2.56. The van der Waals surface area contributed by atoms with Gasteiger partial charge in [0.25, 0.3) is 5.91 Å². The van der Waals surface area contributed by atoms with Crippen LogP contribution >= 0.6 is 15.9 Å². The van der Waals surface area contributed by atoms with Gasteiger partial charge in [-0.3, -0.25) is 4.79 Å². The van der Waals surface area contributed by atoms with Crippen LogP contribution in [0.3, 0.4) is 0 Å². The second kappa shape index (κ2) is 7.78. The zero-order valence-corrected chi connectivity index (χ0v) is 14.3. The molecule has 6 heteroatoms. The summed E-state index contributed by atoms with van der Waals surface area (Å²) in [6.07, 6.45) is -0.930. The molecular weight excluding hydrogens is 362 g/mol.